The Balaban J connectivity index is 1.06. The number of likely N-dealkylation sites (N-methyl/N-ethyl adjacent to an activating group) is 3. The molecule has 40 nitrogen and oxygen atoms in total. The Morgan fingerprint density at radius 2 is 1.07 bits per heavy atom. The number of H-pyrrole nitrogens is 3. The van der Waals surface area contributed by atoms with Gasteiger partial charge in [0.1, 0.15) is 90.3 Å². The summed E-state index contributed by atoms with van der Waals surface area (Å²) in [5, 5.41) is 56.4. The minimum atomic E-state index is -1.85. The second kappa shape index (κ2) is 45.9. The molecule has 15 atom stereocenters. The number of aromatic nitrogens is 4. The van der Waals surface area contributed by atoms with Crippen LogP contribution < -0.4 is 65.1 Å². The molecule has 9 rings (SSSR count). The molecule has 6 aromatic rings. The smallest absolute Gasteiger partial charge is 0.303 e. The standard InChI is InChI=1S/C85H117N21O19S/c1-8-10-21-66-78(118)93-46(3)73(113)101-65(72(88)112)43-126-44-70(109)94-62(33-48-24-26-53(108)27-25-48)81(121)102(5)47(4)74(114)95-58(28-29-71(110)111)83(123)105-32-16-23-67(105)79(119)98-61(37-52-40-89-45-92-52)76(116)96-59(30-31-86)84(124)106-41-51(87)36-69(106)80(120)97-60(34-49-38-90-56-19-14-12-17-54(49)56)75(115)100-64(42-107)77(117)99-63(35-50-39-91-57-20-15-13-18-55(50)57)82(122)104(7)68(22-11-9-2)85(125)103(66)6/h12-15,17-20,24-27,38-40,45-47,51,58-69,90-91,107-108H,8-11,16,21-23,28-37,41-44,86-87H2,1-7H3,(H2,88,112)(H,89,92)(H,93,118)(H,94,109)(H,95,114)(H,96,116)(H,97,120)(H,98,119)(H,99,117)(H,100,115)(H,101,113)(H,110,111)/t46-,47-,51+,58-,59-,60-,61-,62-,63-,64-,65-,66-,67-,68-,69-/m0/s1. The second-order valence-electron chi connectivity index (χ2n) is 32.2. The number of rotatable bonds is 21. The third-order valence-electron chi connectivity index (χ3n) is 23.1. The first-order chi connectivity index (χ1) is 60.1. The molecule has 3 aliphatic rings. The lowest BCUT2D eigenvalue weighted by molar-refractivity contribution is -0.149. The molecule has 3 aliphatic heterocycles. The van der Waals surface area contributed by atoms with Crippen molar-refractivity contribution in [2.75, 3.05) is 58.9 Å². The van der Waals surface area contributed by atoms with Crippen LogP contribution in [-0.4, -0.2) is 304 Å². The van der Waals surface area contributed by atoms with Gasteiger partial charge in [-0.1, -0.05) is 88.1 Å². The fraction of sp³-hybridized carbons (Fsp3) is 0.518. The first-order valence-corrected chi connectivity index (χ1v) is 43.4. The number of amides is 15. The molecular formula is C85H117N21O19S. The predicted octanol–water partition coefficient (Wildman–Crippen LogP) is -2.03. The van der Waals surface area contributed by atoms with E-state index in [4.69, 9.17) is 17.2 Å². The Morgan fingerprint density at radius 3 is 1.67 bits per heavy atom. The number of phenols is 1. The molecule has 0 radical (unpaired) electrons. The molecule has 21 N–H and O–H groups in total. The van der Waals surface area contributed by atoms with Gasteiger partial charge < -0.3 is 120 Å². The highest BCUT2D eigenvalue weighted by Gasteiger charge is 2.46. The first kappa shape index (κ1) is 97.3. The number of carbonyl (C=O) groups is 16. The summed E-state index contributed by atoms with van der Waals surface area (Å²) in [5.41, 5.74) is 21.7. The van der Waals surface area contributed by atoms with Crippen molar-refractivity contribution in [1.29, 1.82) is 0 Å². The van der Waals surface area contributed by atoms with Crippen LogP contribution in [0.5, 0.6) is 5.75 Å². The number of nitrogens with one attached hydrogen (secondary N) is 12. The topological polar surface area (TPSA) is 597 Å². The highest BCUT2D eigenvalue weighted by Crippen LogP contribution is 2.27. The van der Waals surface area contributed by atoms with Gasteiger partial charge in [-0.05, 0) is 106 Å². The quantitative estimate of drug-likeness (QED) is 0.0369. The number of phenolic OH excluding ortho intramolecular Hbond substituents is 1. The summed E-state index contributed by atoms with van der Waals surface area (Å²) in [6.07, 6.45) is 5.46. The molecule has 3 aromatic heterocycles. The minimum absolute atomic E-state index is 0.00299. The van der Waals surface area contributed by atoms with E-state index >= 15 is 28.8 Å². The number of hydrogen-bond donors (Lipinski definition) is 18. The molecule has 0 aliphatic carbocycles. The Labute approximate surface area is 732 Å². The van der Waals surface area contributed by atoms with E-state index in [1.807, 2.05) is 13.8 Å². The van der Waals surface area contributed by atoms with Crippen molar-refractivity contribution >= 4 is 128 Å². The molecule has 0 saturated carbocycles. The number of benzene rings is 3. The van der Waals surface area contributed by atoms with Crippen LogP contribution in [0.25, 0.3) is 21.8 Å². The van der Waals surface area contributed by atoms with Gasteiger partial charge in [-0.15, -0.1) is 11.8 Å². The number of aromatic amines is 3. The van der Waals surface area contributed by atoms with Crippen LogP contribution in [0.2, 0.25) is 0 Å². The van der Waals surface area contributed by atoms with Gasteiger partial charge in [0.25, 0.3) is 0 Å². The van der Waals surface area contributed by atoms with Crippen LogP contribution in [-0.2, 0) is 102 Å². The summed E-state index contributed by atoms with van der Waals surface area (Å²) in [5.74, 6) is -15.7. The van der Waals surface area contributed by atoms with E-state index in [0.29, 0.717) is 69.9 Å². The van der Waals surface area contributed by atoms with Gasteiger partial charge in [0.2, 0.25) is 88.6 Å². The molecule has 3 fully saturated rings. The number of aliphatic carboxylic acids is 1. The van der Waals surface area contributed by atoms with Crippen LogP contribution in [0, 0.1) is 0 Å². The second-order valence-corrected chi connectivity index (χ2v) is 33.2. The number of carbonyl (C=O) groups excluding carboxylic acids is 15. The summed E-state index contributed by atoms with van der Waals surface area (Å²) in [6.45, 7) is 4.69. The number of hydrogen-bond acceptors (Lipinski definition) is 22. The number of imidazole rings is 1. The maximum Gasteiger partial charge on any atom is 0.303 e. The summed E-state index contributed by atoms with van der Waals surface area (Å²) in [7, 11) is 3.98. The van der Waals surface area contributed by atoms with Crippen molar-refractivity contribution in [3.05, 3.63) is 120 Å². The molecule has 15 amide bonds. The molecule has 0 bridgehead atoms. The number of fused-ring (bicyclic) bond motifs is 4. The summed E-state index contributed by atoms with van der Waals surface area (Å²) in [6, 6.07) is -1.91. The van der Waals surface area contributed by atoms with E-state index in [0.717, 1.165) is 31.4 Å². The molecule has 0 spiro atoms. The molecule has 3 aromatic carbocycles. The van der Waals surface area contributed by atoms with Crippen LogP contribution >= 0.6 is 11.8 Å². The normalized spacial score (nSPS) is 25.8. The monoisotopic (exact) mass is 1770 g/mol. The molecule has 41 heteroatoms. The number of thioether (sulfide) groups is 1. The van der Waals surface area contributed by atoms with Gasteiger partial charge in [0.05, 0.1) is 18.7 Å². The Hall–Kier alpha value is -12.5. The number of para-hydroxylation sites is 2. The third kappa shape index (κ3) is 25.6. The number of aromatic hydroxyl groups is 1. The van der Waals surface area contributed by atoms with Crippen LogP contribution in [0.1, 0.15) is 127 Å². The van der Waals surface area contributed by atoms with Gasteiger partial charge in [0, 0.05) is 124 Å². The zero-order valence-corrected chi connectivity index (χ0v) is 72.5. The number of nitrogens with two attached hydrogens (primary N) is 3. The van der Waals surface area contributed by atoms with Gasteiger partial charge >= 0.3 is 5.97 Å². The average Bonchev–Trinajstić information content (AvgIpc) is 1.66. The average molecular weight is 1770 g/mol. The molecule has 682 valence electrons. The molecule has 126 heavy (non-hydrogen) atoms. The number of nitrogens with zero attached hydrogens (tertiary/aromatic N) is 6. The van der Waals surface area contributed by atoms with E-state index in [-0.39, 0.29) is 95.3 Å². The number of aliphatic hydroxyl groups is 1. The lowest BCUT2D eigenvalue weighted by Crippen LogP contribution is -2.61. The number of carboxylic acids is 1. The Morgan fingerprint density at radius 1 is 0.540 bits per heavy atom. The number of primary amides is 1. The molecule has 6 heterocycles. The number of aliphatic hydroxyl groups excluding tert-OH is 1. The number of unbranched alkanes of at least 4 members (excludes halogenated alkanes) is 2. The maximum atomic E-state index is 15.6. The largest absolute Gasteiger partial charge is 0.508 e. The fourth-order valence-electron chi connectivity index (χ4n) is 15.7. The Kier molecular flexibility index (Phi) is 35.5. The van der Waals surface area contributed by atoms with Gasteiger partial charge in [0.15, 0.2) is 0 Å². The van der Waals surface area contributed by atoms with Crippen molar-refractivity contribution in [2.45, 2.75) is 221 Å². The van der Waals surface area contributed by atoms with Gasteiger partial charge in [-0.3, -0.25) is 76.7 Å². The van der Waals surface area contributed by atoms with Crippen molar-refractivity contribution in [3.63, 3.8) is 0 Å². The van der Waals surface area contributed by atoms with E-state index < -0.39 is 210 Å². The first-order valence-electron chi connectivity index (χ1n) is 42.3. The van der Waals surface area contributed by atoms with E-state index in [9.17, 15) is 63.3 Å². The zero-order chi connectivity index (χ0) is 91.8. The molecule has 3 saturated heterocycles. The SMILES string of the molecule is CCCC[C@H]1C(=O)N(C)[C@@H](CCCC)C(=O)N[C@@H](C)C(=O)N[C@H](C(N)=O)CSCC(=O)N[C@@H](Cc2ccc(O)cc2)C(=O)N(C)[C@@H](C)C(=O)N[C@@H](CCC(=O)O)C(=O)N2CCC[C@H]2C(=O)N[C@@H](Cc2cnc[nH]2)C(=O)N[C@@H](CCN)C(=O)N2C[C@H](N)C[C@H]2C(=O)N[C@@H](Cc2c[nH]c3ccccc23)C(=O)N[C@@H](CO)C(=O)N[C@@H](Cc2c[nH]c3ccccc23)C(=O)N1C. The van der Waals surface area contributed by atoms with Crippen molar-refractivity contribution < 1.29 is 92.0 Å². The Bertz CT molecular complexity index is 4870. The molecule has 0 unspecified atom stereocenters. The maximum absolute atomic E-state index is 15.6. The van der Waals surface area contributed by atoms with Crippen molar-refractivity contribution in [2.24, 2.45) is 17.2 Å². The number of carboxylic acid groups (broad SMARTS) is 1. The molecular weight excluding hydrogens is 1650 g/mol. The summed E-state index contributed by atoms with van der Waals surface area (Å²) < 4.78 is 0. The highest BCUT2D eigenvalue weighted by atomic mass is 32.2. The van der Waals surface area contributed by atoms with Gasteiger partial charge in [-0.2, -0.15) is 0 Å². The summed E-state index contributed by atoms with van der Waals surface area (Å²) in [4.78, 5) is 252. The van der Waals surface area contributed by atoms with E-state index in [1.165, 1.54) is 76.7 Å². The van der Waals surface area contributed by atoms with Crippen LogP contribution in [0.15, 0.2) is 97.7 Å². The van der Waals surface area contributed by atoms with Crippen molar-refractivity contribution in [3.8, 4) is 5.75 Å². The van der Waals surface area contributed by atoms with E-state index in [2.05, 4.69) is 67.8 Å². The predicted molar refractivity (Wildman–Crippen MR) is 463 cm³/mol. The van der Waals surface area contributed by atoms with E-state index in [1.54, 1.807) is 60.9 Å². The van der Waals surface area contributed by atoms with Crippen molar-refractivity contribution in [1.82, 2.24) is 92.3 Å². The highest BCUT2D eigenvalue weighted by molar-refractivity contribution is 8.00. The zero-order valence-electron chi connectivity index (χ0n) is 71.7. The van der Waals surface area contributed by atoms with Gasteiger partial charge in [-0.25, -0.2) is 4.98 Å². The third-order valence-corrected chi connectivity index (χ3v) is 24.1. The lowest BCUT2D eigenvalue weighted by Gasteiger charge is -2.36. The fourth-order valence-corrected chi connectivity index (χ4v) is 16.6. The minimum Gasteiger partial charge on any atom is -0.508 e. The van der Waals surface area contributed by atoms with Crippen LogP contribution in [0.4, 0.5) is 0 Å². The lowest BCUT2D eigenvalue weighted by atomic mass is 10.00. The van der Waals surface area contributed by atoms with Crippen LogP contribution in [0.3, 0.4) is 0 Å². The summed E-state index contributed by atoms with van der Waals surface area (Å²) >= 11 is 0.822.